The number of phenolic OH excluding ortho intramolecular Hbond substituents is 1. The molecule has 2 aliphatic rings. The standard InChI is InChI=1S/C14H19NO/c16-14-11-5-2-1-4-10(11)7-8-12(14)13-6-3-9-15-13/h7-8,13,15-16H,1-6,9H2. The first-order valence-corrected chi connectivity index (χ1v) is 6.43. The third kappa shape index (κ3) is 1.61. The van der Waals surface area contributed by atoms with Crippen LogP contribution in [-0.4, -0.2) is 11.7 Å². The van der Waals surface area contributed by atoms with Crippen molar-refractivity contribution in [1.29, 1.82) is 0 Å². The van der Waals surface area contributed by atoms with Crippen molar-refractivity contribution in [2.45, 2.75) is 44.6 Å². The smallest absolute Gasteiger partial charge is 0.123 e. The van der Waals surface area contributed by atoms with E-state index in [1.807, 2.05) is 0 Å². The topological polar surface area (TPSA) is 32.3 Å². The highest BCUT2D eigenvalue weighted by molar-refractivity contribution is 5.48. The average molecular weight is 217 g/mol. The molecule has 16 heavy (non-hydrogen) atoms. The van der Waals surface area contributed by atoms with Crippen LogP contribution in [0.1, 0.15) is 48.4 Å². The van der Waals surface area contributed by atoms with Gasteiger partial charge in [-0.3, -0.25) is 0 Å². The molecule has 3 rings (SSSR count). The van der Waals surface area contributed by atoms with Crippen molar-refractivity contribution in [3.63, 3.8) is 0 Å². The summed E-state index contributed by atoms with van der Waals surface area (Å²) in [5.41, 5.74) is 3.71. The summed E-state index contributed by atoms with van der Waals surface area (Å²) in [5, 5.41) is 13.8. The van der Waals surface area contributed by atoms with E-state index in [0.717, 1.165) is 31.4 Å². The normalized spacial score (nSPS) is 24.4. The fourth-order valence-electron chi connectivity index (χ4n) is 3.06. The molecule has 1 saturated heterocycles. The van der Waals surface area contributed by atoms with E-state index in [1.165, 1.54) is 30.4 Å². The minimum absolute atomic E-state index is 0.382. The molecule has 0 radical (unpaired) electrons. The highest BCUT2D eigenvalue weighted by atomic mass is 16.3. The molecule has 1 aromatic carbocycles. The Kier molecular flexibility index (Phi) is 2.60. The Balaban J connectivity index is 1.99. The van der Waals surface area contributed by atoms with Gasteiger partial charge in [0.2, 0.25) is 0 Å². The molecule has 1 aliphatic carbocycles. The number of rotatable bonds is 1. The molecule has 1 aromatic rings. The maximum absolute atomic E-state index is 10.4. The summed E-state index contributed by atoms with van der Waals surface area (Å²) in [7, 11) is 0. The van der Waals surface area contributed by atoms with E-state index in [0.29, 0.717) is 11.8 Å². The molecule has 0 spiro atoms. The van der Waals surface area contributed by atoms with Crippen molar-refractivity contribution in [2.24, 2.45) is 0 Å². The lowest BCUT2D eigenvalue weighted by molar-refractivity contribution is 0.444. The lowest BCUT2D eigenvalue weighted by Gasteiger charge is -2.21. The van der Waals surface area contributed by atoms with Crippen LogP contribution in [0, 0.1) is 0 Å². The van der Waals surface area contributed by atoms with Crippen LogP contribution in [0.2, 0.25) is 0 Å². The Morgan fingerprint density at radius 1 is 1.12 bits per heavy atom. The number of hydrogen-bond donors (Lipinski definition) is 2. The molecular formula is C14H19NO. The van der Waals surface area contributed by atoms with Crippen LogP contribution in [0.5, 0.6) is 5.75 Å². The molecule has 0 amide bonds. The first kappa shape index (κ1) is 10.2. The van der Waals surface area contributed by atoms with Crippen LogP contribution in [-0.2, 0) is 12.8 Å². The minimum atomic E-state index is 0.382. The Hall–Kier alpha value is -1.02. The summed E-state index contributed by atoms with van der Waals surface area (Å²) in [6.45, 7) is 1.08. The van der Waals surface area contributed by atoms with Crippen LogP contribution in [0.4, 0.5) is 0 Å². The van der Waals surface area contributed by atoms with Crippen LogP contribution in [0.25, 0.3) is 0 Å². The molecule has 1 unspecified atom stereocenters. The maximum Gasteiger partial charge on any atom is 0.123 e. The second-order valence-electron chi connectivity index (χ2n) is 5.00. The van der Waals surface area contributed by atoms with Crippen molar-refractivity contribution in [2.75, 3.05) is 6.54 Å². The quantitative estimate of drug-likeness (QED) is 0.758. The predicted molar refractivity (Wildman–Crippen MR) is 64.7 cm³/mol. The molecule has 1 fully saturated rings. The molecule has 86 valence electrons. The van der Waals surface area contributed by atoms with E-state index < -0.39 is 0 Å². The van der Waals surface area contributed by atoms with Crippen molar-refractivity contribution in [3.8, 4) is 5.75 Å². The van der Waals surface area contributed by atoms with E-state index in [1.54, 1.807) is 0 Å². The summed E-state index contributed by atoms with van der Waals surface area (Å²) in [6, 6.07) is 4.73. The second kappa shape index (κ2) is 4.10. The van der Waals surface area contributed by atoms with Crippen LogP contribution < -0.4 is 5.32 Å². The minimum Gasteiger partial charge on any atom is -0.507 e. The molecular weight excluding hydrogens is 198 g/mol. The highest BCUT2D eigenvalue weighted by Crippen LogP contribution is 2.37. The third-order valence-corrected chi connectivity index (χ3v) is 3.97. The number of aryl methyl sites for hydroxylation is 1. The Morgan fingerprint density at radius 3 is 2.81 bits per heavy atom. The monoisotopic (exact) mass is 217 g/mol. The van der Waals surface area contributed by atoms with E-state index in [9.17, 15) is 5.11 Å². The number of aromatic hydroxyl groups is 1. The van der Waals surface area contributed by atoms with Gasteiger partial charge in [0, 0.05) is 11.6 Å². The zero-order chi connectivity index (χ0) is 11.0. The molecule has 1 aliphatic heterocycles. The van der Waals surface area contributed by atoms with Crippen LogP contribution in [0.3, 0.4) is 0 Å². The predicted octanol–water partition coefficient (Wildman–Crippen LogP) is 2.70. The Morgan fingerprint density at radius 2 is 2.00 bits per heavy atom. The van der Waals surface area contributed by atoms with E-state index in [2.05, 4.69) is 17.4 Å². The molecule has 1 heterocycles. The number of fused-ring (bicyclic) bond motifs is 1. The van der Waals surface area contributed by atoms with Gasteiger partial charge in [0.1, 0.15) is 5.75 Å². The number of nitrogens with one attached hydrogen (secondary N) is 1. The third-order valence-electron chi connectivity index (χ3n) is 3.97. The van der Waals surface area contributed by atoms with Crippen molar-refractivity contribution >= 4 is 0 Å². The largest absolute Gasteiger partial charge is 0.507 e. The molecule has 1 atom stereocenters. The molecule has 0 saturated carbocycles. The van der Waals surface area contributed by atoms with Gasteiger partial charge in [0.05, 0.1) is 0 Å². The lowest BCUT2D eigenvalue weighted by Crippen LogP contribution is -2.14. The zero-order valence-corrected chi connectivity index (χ0v) is 9.63. The van der Waals surface area contributed by atoms with Gasteiger partial charge in [0.15, 0.2) is 0 Å². The molecule has 0 bridgehead atoms. The van der Waals surface area contributed by atoms with Crippen molar-refractivity contribution in [3.05, 3.63) is 28.8 Å². The fourth-order valence-corrected chi connectivity index (χ4v) is 3.06. The number of hydrogen-bond acceptors (Lipinski definition) is 2. The molecule has 0 aromatic heterocycles. The number of phenols is 1. The van der Waals surface area contributed by atoms with Gasteiger partial charge in [-0.1, -0.05) is 12.1 Å². The fraction of sp³-hybridized carbons (Fsp3) is 0.571. The first-order chi connectivity index (χ1) is 7.86. The van der Waals surface area contributed by atoms with E-state index >= 15 is 0 Å². The van der Waals surface area contributed by atoms with E-state index in [4.69, 9.17) is 0 Å². The second-order valence-corrected chi connectivity index (χ2v) is 5.00. The highest BCUT2D eigenvalue weighted by Gasteiger charge is 2.23. The van der Waals surface area contributed by atoms with Crippen LogP contribution >= 0.6 is 0 Å². The molecule has 2 nitrogen and oxygen atoms in total. The van der Waals surface area contributed by atoms with E-state index in [-0.39, 0.29) is 0 Å². The zero-order valence-electron chi connectivity index (χ0n) is 9.63. The van der Waals surface area contributed by atoms with Crippen LogP contribution in [0.15, 0.2) is 12.1 Å². The van der Waals surface area contributed by atoms with Gasteiger partial charge in [-0.2, -0.15) is 0 Å². The summed E-state index contributed by atoms with van der Waals surface area (Å²) >= 11 is 0. The summed E-state index contributed by atoms with van der Waals surface area (Å²) in [4.78, 5) is 0. The van der Waals surface area contributed by atoms with Gasteiger partial charge in [0.25, 0.3) is 0 Å². The SMILES string of the molecule is Oc1c(C2CCCN2)ccc2c1CCCC2. The maximum atomic E-state index is 10.4. The first-order valence-electron chi connectivity index (χ1n) is 6.43. The lowest BCUT2D eigenvalue weighted by atomic mass is 9.88. The number of benzene rings is 1. The van der Waals surface area contributed by atoms with Gasteiger partial charge >= 0.3 is 0 Å². The van der Waals surface area contributed by atoms with Gasteiger partial charge < -0.3 is 10.4 Å². The average Bonchev–Trinajstić information content (AvgIpc) is 2.83. The summed E-state index contributed by atoms with van der Waals surface area (Å²) < 4.78 is 0. The molecule has 2 heteroatoms. The Bertz CT molecular complexity index is 394. The molecule has 2 N–H and O–H groups in total. The van der Waals surface area contributed by atoms with Gasteiger partial charge in [-0.15, -0.1) is 0 Å². The summed E-state index contributed by atoms with van der Waals surface area (Å²) in [5.74, 6) is 0.580. The van der Waals surface area contributed by atoms with Gasteiger partial charge in [-0.25, -0.2) is 0 Å². The van der Waals surface area contributed by atoms with Crippen molar-refractivity contribution < 1.29 is 5.11 Å². The Labute approximate surface area is 96.7 Å². The van der Waals surface area contributed by atoms with Crippen molar-refractivity contribution in [1.82, 2.24) is 5.32 Å². The van der Waals surface area contributed by atoms with Gasteiger partial charge in [-0.05, 0) is 56.2 Å². The summed E-state index contributed by atoms with van der Waals surface area (Å²) in [6.07, 6.45) is 7.08.